The average Bonchev–Trinajstić information content (AvgIpc) is 3.19. The summed E-state index contributed by atoms with van der Waals surface area (Å²) in [6.07, 6.45) is 3.26. The largest absolute Gasteiger partial charge is 0.497 e. The molecule has 30 heavy (non-hydrogen) atoms. The molecule has 4 amide bonds. The fraction of sp³-hybridized carbons (Fsp3) is 0.0455. The van der Waals surface area contributed by atoms with Crippen molar-refractivity contribution in [2.24, 2.45) is 0 Å². The molecule has 0 unspecified atom stereocenters. The number of hydrogen-bond acceptors (Lipinski definition) is 4. The van der Waals surface area contributed by atoms with Gasteiger partial charge in [0.25, 0.3) is 11.8 Å². The number of benzene rings is 2. The zero-order valence-corrected chi connectivity index (χ0v) is 16.6. The van der Waals surface area contributed by atoms with E-state index in [9.17, 15) is 14.4 Å². The van der Waals surface area contributed by atoms with Crippen molar-refractivity contribution in [2.75, 3.05) is 12.0 Å². The number of imide groups is 2. The molecule has 0 bridgehead atoms. The molecule has 7 nitrogen and oxygen atoms in total. The second kappa shape index (κ2) is 7.88. The normalized spacial score (nSPS) is 15.5. The van der Waals surface area contributed by atoms with Crippen molar-refractivity contribution in [1.82, 2.24) is 9.88 Å². The van der Waals surface area contributed by atoms with Crippen molar-refractivity contribution in [3.63, 3.8) is 0 Å². The standard InChI is InChI=1S/C22H16ClN3O4/c1-30-18-9-7-15(8-10-18)25-11-3-6-16(25)13-19-20(27)24-22(29)26(21(19)28)17-5-2-4-14(23)12-17/h2-13H,1H3,(H,24,27,29)/b19-13+. The smallest absolute Gasteiger partial charge is 0.335 e. The van der Waals surface area contributed by atoms with Gasteiger partial charge in [0.1, 0.15) is 11.3 Å². The molecule has 4 rings (SSSR count). The first-order valence-electron chi connectivity index (χ1n) is 8.97. The Morgan fingerprint density at radius 2 is 1.73 bits per heavy atom. The van der Waals surface area contributed by atoms with Gasteiger partial charge in [0, 0.05) is 22.6 Å². The van der Waals surface area contributed by atoms with Crippen molar-refractivity contribution < 1.29 is 19.1 Å². The van der Waals surface area contributed by atoms with Gasteiger partial charge in [0.05, 0.1) is 12.8 Å². The van der Waals surface area contributed by atoms with Crippen LogP contribution in [0.15, 0.2) is 72.4 Å². The third kappa shape index (κ3) is 3.58. The molecule has 0 atom stereocenters. The maximum Gasteiger partial charge on any atom is 0.335 e. The highest BCUT2D eigenvalue weighted by Crippen LogP contribution is 2.25. The van der Waals surface area contributed by atoms with Gasteiger partial charge in [-0.1, -0.05) is 17.7 Å². The first-order chi connectivity index (χ1) is 14.5. The lowest BCUT2D eigenvalue weighted by atomic mass is 10.1. The summed E-state index contributed by atoms with van der Waals surface area (Å²) in [7, 11) is 1.58. The third-order valence-electron chi connectivity index (χ3n) is 4.59. The van der Waals surface area contributed by atoms with Gasteiger partial charge in [-0.05, 0) is 60.7 Å². The Labute approximate surface area is 177 Å². The van der Waals surface area contributed by atoms with Gasteiger partial charge in [-0.15, -0.1) is 0 Å². The molecule has 150 valence electrons. The number of rotatable bonds is 4. The molecular weight excluding hydrogens is 406 g/mol. The van der Waals surface area contributed by atoms with Crippen LogP contribution in [0.4, 0.5) is 10.5 Å². The molecule has 8 heteroatoms. The van der Waals surface area contributed by atoms with Gasteiger partial charge >= 0.3 is 6.03 Å². The predicted octanol–water partition coefficient (Wildman–Crippen LogP) is 3.81. The van der Waals surface area contributed by atoms with Crippen molar-refractivity contribution in [2.45, 2.75) is 0 Å². The molecule has 2 aromatic carbocycles. The molecule has 0 aliphatic carbocycles. The first kappa shape index (κ1) is 19.5. The van der Waals surface area contributed by atoms with Gasteiger partial charge in [0.2, 0.25) is 0 Å². The molecular formula is C22H16ClN3O4. The van der Waals surface area contributed by atoms with Gasteiger partial charge in [-0.3, -0.25) is 14.9 Å². The van der Waals surface area contributed by atoms with E-state index >= 15 is 0 Å². The second-order valence-electron chi connectivity index (χ2n) is 6.44. The van der Waals surface area contributed by atoms with E-state index in [2.05, 4.69) is 5.32 Å². The predicted molar refractivity (Wildman–Crippen MR) is 113 cm³/mol. The van der Waals surface area contributed by atoms with Crippen LogP contribution in [0.2, 0.25) is 5.02 Å². The molecule has 1 saturated heterocycles. The molecule has 0 saturated carbocycles. The molecule has 3 aromatic rings. The minimum Gasteiger partial charge on any atom is -0.497 e. The number of aromatic nitrogens is 1. The molecule has 0 radical (unpaired) electrons. The van der Waals surface area contributed by atoms with Crippen LogP contribution in [0, 0.1) is 0 Å². The van der Waals surface area contributed by atoms with Crippen LogP contribution in [0.25, 0.3) is 11.8 Å². The van der Waals surface area contributed by atoms with Crippen LogP contribution in [0.1, 0.15) is 5.69 Å². The lowest BCUT2D eigenvalue weighted by Gasteiger charge is -2.26. The number of carbonyl (C=O) groups is 3. The number of halogens is 1. The van der Waals surface area contributed by atoms with Crippen LogP contribution < -0.4 is 15.0 Å². The first-order valence-corrected chi connectivity index (χ1v) is 9.34. The van der Waals surface area contributed by atoms with Crippen LogP contribution in [0.5, 0.6) is 5.75 Å². The number of anilines is 1. The van der Waals surface area contributed by atoms with Crippen molar-refractivity contribution in [1.29, 1.82) is 0 Å². The van der Waals surface area contributed by atoms with Gasteiger partial charge in [0.15, 0.2) is 0 Å². The van der Waals surface area contributed by atoms with E-state index in [1.165, 1.54) is 12.1 Å². The third-order valence-corrected chi connectivity index (χ3v) is 4.83. The number of barbiturate groups is 1. The summed E-state index contributed by atoms with van der Waals surface area (Å²) in [6.45, 7) is 0. The van der Waals surface area contributed by atoms with E-state index in [1.54, 1.807) is 43.6 Å². The Bertz CT molecular complexity index is 1180. The van der Waals surface area contributed by atoms with E-state index in [-0.39, 0.29) is 11.3 Å². The summed E-state index contributed by atoms with van der Waals surface area (Å²) >= 11 is 5.99. The Morgan fingerprint density at radius 3 is 2.43 bits per heavy atom. The molecule has 1 aromatic heterocycles. The molecule has 1 fully saturated rings. The van der Waals surface area contributed by atoms with Crippen LogP contribution in [-0.2, 0) is 9.59 Å². The van der Waals surface area contributed by atoms with Crippen molar-refractivity contribution >= 4 is 41.2 Å². The van der Waals surface area contributed by atoms with Crippen molar-refractivity contribution in [3.8, 4) is 11.4 Å². The van der Waals surface area contributed by atoms with Gasteiger partial charge in [-0.25, -0.2) is 9.69 Å². The van der Waals surface area contributed by atoms with Gasteiger partial charge < -0.3 is 9.30 Å². The van der Waals surface area contributed by atoms with E-state index in [4.69, 9.17) is 16.3 Å². The molecule has 1 N–H and O–H groups in total. The lowest BCUT2D eigenvalue weighted by molar-refractivity contribution is -0.122. The highest BCUT2D eigenvalue weighted by atomic mass is 35.5. The lowest BCUT2D eigenvalue weighted by Crippen LogP contribution is -2.54. The van der Waals surface area contributed by atoms with Crippen LogP contribution in [-0.4, -0.2) is 29.5 Å². The van der Waals surface area contributed by atoms with E-state index in [0.717, 1.165) is 10.6 Å². The summed E-state index contributed by atoms with van der Waals surface area (Å²) < 4.78 is 6.99. The van der Waals surface area contributed by atoms with E-state index < -0.39 is 17.8 Å². The number of ether oxygens (including phenoxy) is 1. The van der Waals surface area contributed by atoms with Crippen LogP contribution in [0.3, 0.4) is 0 Å². The highest BCUT2D eigenvalue weighted by Gasteiger charge is 2.37. The quantitative estimate of drug-likeness (QED) is 0.513. The Morgan fingerprint density at radius 1 is 0.967 bits per heavy atom. The number of urea groups is 1. The maximum absolute atomic E-state index is 13.0. The second-order valence-corrected chi connectivity index (χ2v) is 6.88. The summed E-state index contributed by atoms with van der Waals surface area (Å²) in [5, 5.41) is 2.57. The van der Waals surface area contributed by atoms with Crippen molar-refractivity contribution in [3.05, 3.63) is 83.2 Å². The minimum absolute atomic E-state index is 0.164. The fourth-order valence-electron chi connectivity index (χ4n) is 3.14. The average molecular weight is 422 g/mol. The number of amides is 4. The molecule has 1 aliphatic heterocycles. The summed E-state index contributed by atoms with van der Waals surface area (Å²) in [6, 6.07) is 16.3. The number of carbonyl (C=O) groups excluding carboxylic acids is 3. The number of methoxy groups -OCH3 is 1. The van der Waals surface area contributed by atoms with Crippen LogP contribution >= 0.6 is 11.6 Å². The molecule has 1 aliphatic rings. The maximum atomic E-state index is 13.0. The molecule has 0 spiro atoms. The number of hydrogen-bond donors (Lipinski definition) is 1. The molecule has 2 heterocycles. The van der Waals surface area contributed by atoms with E-state index in [0.29, 0.717) is 16.5 Å². The Hall–Kier alpha value is -3.84. The number of nitrogens with one attached hydrogen (secondary N) is 1. The SMILES string of the molecule is COc1ccc(-n2cccc2/C=C2\C(=O)NC(=O)N(c3cccc(Cl)c3)C2=O)cc1. The highest BCUT2D eigenvalue weighted by molar-refractivity contribution is 6.39. The Kier molecular flexibility index (Phi) is 5.12. The Balaban J connectivity index is 1.73. The minimum atomic E-state index is -0.824. The van der Waals surface area contributed by atoms with Gasteiger partial charge in [-0.2, -0.15) is 0 Å². The zero-order valence-electron chi connectivity index (χ0n) is 15.8. The fourth-order valence-corrected chi connectivity index (χ4v) is 3.33. The summed E-state index contributed by atoms with van der Waals surface area (Å²) in [5.41, 5.74) is 1.52. The number of nitrogens with zero attached hydrogens (tertiary/aromatic N) is 2. The summed E-state index contributed by atoms with van der Waals surface area (Å²) in [5.74, 6) is -0.775. The summed E-state index contributed by atoms with van der Waals surface area (Å²) in [4.78, 5) is 38.6. The topological polar surface area (TPSA) is 80.6 Å². The zero-order chi connectivity index (χ0) is 21.3. The van der Waals surface area contributed by atoms with E-state index in [1.807, 2.05) is 28.8 Å². The monoisotopic (exact) mass is 421 g/mol.